The number of rotatable bonds is 2. The van der Waals surface area contributed by atoms with E-state index < -0.39 is 22.2 Å². The number of fused-ring (bicyclic) bond motifs is 2. The second-order valence-electron chi connectivity index (χ2n) is 6.49. The topological polar surface area (TPSA) is 104 Å². The highest BCUT2D eigenvalue weighted by molar-refractivity contribution is 6.00. The summed E-state index contributed by atoms with van der Waals surface area (Å²) >= 11 is 0. The summed E-state index contributed by atoms with van der Waals surface area (Å²) in [6.45, 7) is 2.58. The van der Waals surface area contributed by atoms with Crippen molar-refractivity contribution in [3.05, 3.63) is 35.9 Å². The zero-order valence-corrected chi connectivity index (χ0v) is 12.7. The molecule has 6 heteroatoms. The maximum Gasteiger partial charge on any atom is 0.293 e. The lowest BCUT2D eigenvalue weighted by Crippen LogP contribution is -2.41. The summed E-state index contributed by atoms with van der Waals surface area (Å²) in [5.74, 6) is -1.31. The molecule has 1 aliphatic carbocycles. The molecular formula is C17H16N4O2. The summed E-state index contributed by atoms with van der Waals surface area (Å²) < 4.78 is 11.4. The first kappa shape index (κ1) is 14.2. The van der Waals surface area contributed by atoms with E-state index in [4.69, 9.17) is 15.2 Å². The second kappa shape index (κ2) is 4.11. The molecule has 0 radical (unpaired) electrons. The van der Waals surface area contributed by atoms with E-state index in [-0.39, 0.29) is 5.84 Å². The van der Waals surface area contributed by atoms with Crippen LogP contribution in [0.25, 0.3) is 0 Å². The van der Waals surface area contributed by atoms with Crippen LogP contribution in [0.15, 0.2) is 35.3 Å². The van der Waals surface area contributed by atoms with Crippen molar-refractivity contribution in [1.29, 1.82) is 10.5 Å². The Morgan fingerprint density at radius 1 is 1.17 bits per heavy atom. The summed E-state index contributed by atoms with van der Waals surface area (Å²) in [6.07, 6.45) is 0.527. The summed E-state index contributed by atoms with van der Waals surface area (Å²) in [6, 6.07) is 14.3. The van der Waals surface area contributed by atoms with Gasteiger partial charge in [-0.2, -0.15) is 10.5 Å². The molecule has 2 N–H and O–H groups in total. The number of amidine groups is 1. The molecular weight excluding hydrogens is 292 g/mol. The van der Waals surface area contributed by atoms with E-state index in [2.05, 4.69) is 17.1 Å². The SMILES string of the molecule is C[C@]1(Cc2ccccc2)[C@]2(C#N)C(N)=NC3(OCCO3)[C@]12C#N. The van der Waals surface area contributed by atoms with Crippen molar-refractivity contribution in [2.24, 2.45) is 27.0 Å². The number of hydrogen-bond acceptors (Lipinski definition) is 6. The molecule has 0 aromatic heterocycles. The van der Waals surface area contributed by atoms with E-state index >= 15 is 0 Å². The summed E-state index contributed by atoms with van der Waals surface area (Å²) in [5.41, 5.74) is 4.03. The van der Waals surface area contributed by atoms with Crippen LogP contribution in [0.1, 0.15) is 12.5 Å². The Kier molecular flexibility index (Phi) is 2.54. The van der Waals surface area contributed by atoms with E-state index in [0.717, 1.165) is 5.56 Å². The number of benzene rings is 1. The Balaban J connectivity index is 1.88. The van der Waals surface area contributed by atoms with Gasteiger partial charge in [-0.1, -0.05) is 37.3 Å². The minimum Gasteiger partial charge on any atom is -0.386 e. The van der Waals surface area contributed by atoms with Gasteiger partial charge in [0.1, 0.15) is 11.3 Å². The zero-order chi connectivity index (χ0) is 16.3. The lowest BCUT2D eigenvalue weighted by atomic mass is 9.85. The summed E-state index contributed by atoms with van der Waals surface area (Å²) in [5, 5.41) is 19.9. The van der Waals surface area contributed by atoms with Crippen molar-refractivity contribution in [2.75, 3.05) is 13.2 Å². The largest absolute Gasteiger partial charge is 0.386 e. The monoisotopic (exact) mass is 308 g/mol. The Morgan fingerprint density at radius 2 is 1.83 bits per heavy atom. The maximum absolute atomic E-state index is 10.0. The molecule has 1 saturated carbocycles. The van der Waals surface area contributed by atoms with Crippen LogP contribution in [-0.4, -0.2) is 25.0 Å². The third-order valence-electron chi connectivity index (χ3n) is 5.70. The molecule has 6 nitrogen and oxygen atoms in total. The fraction of sp³-hybridized carbons (Fsp3) is 0.471. The van der Waals surface area contributed by atoms with Gasteiger partial charge in [0.2, 0.25) is 0 Å². The van der Waals surface area contributed by atoms with Crippen LogP contribution in [-0.2, 0) is 15.9 Å². The summed E-state index contributed by atoms with van der Waals surface area (Å²) in [4.78, 5) is 4.28. The van der Waals surface area contributed by atoms with Gasteiger partial charge in [0.15, 0.2) is 5.41 Å². The summed E-state index contributed by atoms with van der Waals surface area (Å²) in [7, 11) is 0. The lowest BCUT2D eigenvalue weighted by molar-refractivity contribution is -0.191. The van der Waals surface area contributed by atoms with Gasteiger partial charge in [0.05, 0.1) is 25.4 Å². The van der Waals surface area contributed by atoms with Crippen LogP contribution in [0.4, 0.5) is 0 Å². The molecule has 4 rings (SSSR count). The van der Waals surface area contributed by atoms with E-state index in [1.54, 1.807) is 0 Å². The molecule has 3 aliphatic rings. The van der Waals surface area contributed by atoms with Crippen LogP contribution >= 0.6 is 0 Å². The van der Waals surface area contributed by atoms with Crippen molar-refractivity contribution >= 4 is 5.84 Å². The van der Waals surface area contributed by atoms with Crippen molar-refractivity contribution in [3.63, 3.8) is 0 Å². The highest BCUT2D eigenvalue weighted by Gasteiger charge is 2.99. The van der Waals surface area contributed by atoms with Gasteiger partial charge in [-0.3, -0.25) is 0 Å². The van der Waals surface area contributed by atoms with Crippen LogP contribution in [0.3, 0.4) is 0 Å². The first-order valence-corrected chi connectivity index (χ1v) is 7.54. The Bertz CT molecular complexity index is 787. The lowest BCUT2D eigenvalue weighted by Gasteiger charge is -2.29. The number of aliphatic imine (C=N–C) groups is 1. The highest BCUT2D eigenvalue weighted by Crippen LogP contribution is 2.86. The molecule has 2 heterocycles. The molecule has 2 fully saturated rings. The smallest absolute Gasteiger partial charge is 0.293 e. The van der Waals surface area contributed by atoms with Gasteiger partial charge in [-0.25, -0.2) is 4.99 Å². The third kappa shape index (κ3) is 1.22. The molecule has 1 spiro atoms. The minimum atomic E-state index is -1.45. The number of hydrogen-bond donors (Lipinski definition) is 1. The zero-order valence-electron chi connectivity index (χ0n) is 12.7. The fourth-order valence-electron chi connectivity index (χ4n) is 4.66. The predicted octanol–water partition coefficient (Wildman–Crippen LogP) is 1.34. The molecule has 116 valence electrons. The third-order valence-corrected chi connectivity index (χ3v) is 5.70. The van der Waals surface area contributed by atoms with Crippen molar-refractivity contribution in [3.8, 4) is 12.1 Å². The number of ether oxygens (including phenoxy) is 2. The van der Waals surface area contributed by atoms with Crippen LogP contribution < -0.4 is 5.73 Å². The van der Waals surface area contributed by atoms with E-state index in [1.165, 1.54) is 0 Å². The van der Waals surface area contributed by atoms with Gasteiger partial charge in [-0.05, 0) is 12.0 Å². The molecule has 0 amide bonds. The van der Waals surface area contributed by atoms with Gasteiger partial charge in [-0.15, -0.1) is 0 Å². The van der Waals surface area contributed by atoms with Crippen molar-refractivity contribution < 1.29 is 9.47 Å². The molecule has 23 heavy (non-hydrogen) atoms. The Labute approximate surface area is 134 Å². The van der Waals surface area contributed by atoms with Crippen LogP contribution in [0, 0.1) is 38.9 Å². The molecule has 2 aliphatic heterocycles. The molecule has 1 saturated heterocycles. The maximum atomic E-state index is 10.0. The normalized spacial score (nSPS) is 39.3. The van der Waals surface area contributed by atoms with Gasteiger partial charge < -0.3 is 15.2 Å². The molecule has 0 unspecified atom stereocenters. The molecule has 3 atom stereocenters. The minimum absolute atomic E-state index is 0.141. The van der Waals surface area contributed by atoms with E-state index in [0.29, 0.717) is 19.6 Å². The Morgan fingerprint density at radius 3 is 2.39 bits per heavy atom. The Hall–Kier alpha value is -2.41. The molecule has 1 aromatic rings. The standard InChI is InChI=1S/C17H16N4O2/c1-14(9-12-5-3-2-4-6-12)15(10-18)13(20)21-17(16(14,15)11-19)22-7-8-23-17/h2-6H,7-9H2,1H3,(H2,20,21)/t14-,15-,16+/m0/s1. The first-order valence-electron chi connectivity index (χ1n) is 7.54. The quantitative estimate of drug-likeness (QED) is 0.887. The van der Waals surface area contributed by atoms with E-state index in [9.17, 15) is 10.5 Å². The van der Waals surface area contributed by atoms with Gasteiger partial charge >= 0.3 is 0 Å². The van der Waals surface area contributed by atoms with Gasteiger partial charge in [0, 0.05) is 5.41 Å². The van der Waals surface area contributed by atoms with Crippen LogP contribution in [0.5, 0.6) is 0 Å². The molecule has 1 aromatic carbocycles. The second-order valence-corrected chi connectivity index (χ2v) is 6.49. The number of nitriles is 2. The van der Waals surface area contributed by atoms with Gasteiger partial charge in [0.25, 0.3) is 5.91 Å². The number of nitrogens with two attached hydrogens (primary N) is 1. The average molecular weight is 308 g/mol. The number of nitrogens with zero attached hydrogens (tertiary/aromatic N) is 3. The fourth-order valence-corrected chi connectivity index (χ4v) is 4.66. The first-order chi connectivity index (χ1) is 11.0. The molecule has 0 bridgehead atoms. The van der Waals surface area contributed by atoms with Crippen LogP contribution in [0.2, 0.25) is 0 Å². The predicted molar refractivity (Wildman–Crippen MR) is 80.6 cm³/mol. The van der Waals surface area contributed by atoms with E-state index in [1.807, 2.05) is 37.3 Å². The van der Waals surface area contributed by atoms with Crippen molar-refractivity contribution in [1.82, 2.24) is 0 Å². The highest BCUT2D eigenvalue weighted by atomic mass is 16.8. The van der Waals surface area contributed by atoms with Crippen molar-refractivity contribution in [2.45, 2.75) is 19.3 Å². The average Bonchev–Trinajstić information content (AvgIpc) is 2.86.